The number of H-pyrrole nitrogens is 1. The number of aromatic amines is 1. The van der Waals surface area contributed by atoms with Crippen molar-refractivity contribution in [2.75, 3.05) is 0 Å². The number of aromatic hydroxyl groups is 1. The number of fused-ring (bicyclic) bond motifs is 1. The second kappa shape index (κ2) is 3.92. The number of nitrogens with zero attached hydrogens (tertiary/aromatic N) is 2. The van der Waals surface area contributed by atoms with E-state index in [1.165, 1.54) is 17.7 Å². The van der Waals surface area contributed by atoms with Crippen molar-refractivity contribution < 1.29 is 5.11 Å². The number of aryl methyl sites for hydroxylation is 1. The number of thiazole rings is 1. The summed E-state index contributed by atoms with van der Waals surface area (Å²) in [6.07, 6.45) is 1.27. The van der Waals surface area contributed by atoms with E-state index in [0.717, 1.165) is 10.7 Å². The average Bonchev–Trinajstić information content (AvgIpc) is 2.77. The Kier molecular flexibility index (Phi) is 2.38. The molecule has 0 fully saturated rings. The third kappa shape index (κ3) is 1.67. The molecule has 0 unspecified atom stereocenters. The van der Waals surface area contributed by atoms with Crippen LogP contribution in [0.4, 0.5) is 0 Å². The predicted molar refractivity (Wildman–Crippen MR) is 69.9 cm³/mol. The van der Waals surface area contributed by atoms with E-state index in [-0.39, 0.29) is 11.3 Å². The van der Waals surface area contributed by atoms with Gasteiger partial charge in [-0.2, -0.15) is 0 Å². The quantitative estimate of drug-likeness (QED) is 0.701. The Balaban J connectivity index is 2.33. The number of rotatable bonds is 1. The van der Waals surface area contributed by atoms with Gasteiger partial charge >= 0.3 is 0 Å². The van der Waals surface area contributed by atoms with Gasteiger partial charge in [0.15, 0.2) is 0 Å². The van der Waals surface area contributed by atoms with Gasteiger partial charge in [-0.05, 0) is 19.1 Å². The van der Waals surface area contributed by atoms with Crippen molar-refractivity contribution in [1.82, 2.24) is 15.0 Å². The highest BCUT2D eigenvalue weighted by molar-refractivity contribution is 7.09. The van der Waals surface area contributed by atoms with Gasteiger partial charge in [-0.3, -0.25) is 4.79 Å². The third-order valence-electron chi connectivity index (χ3n) is 2.64. The van der Waals surface area contributed by atoms with Gasteiger partial charge in [-0.25, -0.2) is 9.97 Å². The lowest BCUT2D eigenvalue weighted by Gasteiger charge is -2.02. The van der Waals surface area contributed by atoms with E-state index < -0.39 is 0 Å². The molecule has 3 aromatic rings. The number of aromatic nitrogens is 3. The molecular weight excluding hydrogens is 250 g/mol. The lowest BCUT2D eigenvalue weighted by atomic mass is 10.1. The Morgan fingerprint density at radius 1 is 1.39 bits per heavy atom. The normalized spacial score (nSPS) is 10.9. The fourth-order valence-corrected chi connectivity index (χ4v) is 2.43. The van der Waals surface area contributed by atoms with Crippen molar-refractivity contribution >= 4 is 22.2 Å². The van der Waals surface area contributed by atoms with Crippen LogP contribution < -0.4 is 5.56 Å². The molecule has 2 N–H and O–H groups in total. The molecule has 0 bridgehead atoms. The van der Waals surface area contributed by atoms with E-state index in [0.29, 0.717) is 16.5 Å². The summed E-state index contributed by atoms with van der Waals surface area (Å²) < 4.78 is 0. The maximum Gasteiger partial charge on any atom is 0.258 e. The van der Waals surface area contributed by atoms with E-state index in [1.807, 2.05) is 12.3 Å². The first-order valence-corrected chi connectivity index (χ1v) is 6.16. The molecule has 1 aromatic carbocycles. The fourth-order valence-electron chi connectivity index (χ4n) is 1.81. The molecule has 5 nitrogen and oxygen atoms in total. The summed E-state index contributed by atoms with van der Waals surface area (Å²) in [5, 5.41) is 13.1. The summed E-state index contributed by atoms with van der Waals surface area (Å²) in [6, 6.07) is 3.26. The molecule has 6 heteroatoms. The summed E-state index contributed by atoms with van der Waals surface area (Å²) in [4.78, 5) is 22.5. The Morgan fingerprint density at radius 2 is 2.22 bits per heavy atom. The zero-order chi connectivity index (χ0) is 12.7. The van der Waals surface area contributed by atoms with Crippen molar-refractivity contribution in [1.29, 1.82) is 0 Å². The molecule has 0 spiro atoms. The largest absolute Gasteiger partial charge is 0.506 e. The minimum atomic E-state index is -0.274. The van der Waals surface area contributed by atoms with Crippen LogP contribution in [0, 0.1) is 6.92 Å². The van der Waals surface area contributed by atoms with Crippen molar-refractivity contribution in [2.24, 2.45) is 0 Å². The molecule has 0 saturated heterocycles. The van der Waals surface area contributed by atoms with Crippen molar-refractivity contribution in [3.05, 3.63) is 39.2 Å². The van der Waals surface area contributed by atoms with E-state index >= 15 is 0 Å². The zero-order valence-electron chi connectivity index (χ0n) is 9.47. The highest BCUT2D eigenvalue weighted by atomic mass is 32.1. The summed E-state index contributed by atoms with van der Waals surface area (Å²) in [5.41, 5.74) is 1.49. The zero-order valence-corrected chi connectivity index (χ0v) is 10.3. The Bertz CT molecular complexity index is 791. The van der Waals surface area contributed by atoms with E-state index in [2.05, 4.69) is 15.0 Å². The number of hydrogen-bond donors (Lipinski definition) is 2. The Labute approximate surface area is 106 Å². The summed E-state index contributed by atoms with van der Waals surface area (Å²) in [7, 11) is 0. The summed E-state index contributed by atoms with van der Waals surface area (Å²) >= 11 is 1.52. The molecule has 2 aromatic heterocycles. The van der Waals surface area contributed by atoms with Gasteiger partial charge in [0.05, 0.1) is 22.4 Å². The van der Waals surface area contributed by atoms with Gasteiger partial charge in [-0.1, -0.05) is 0 Å². The minimum Gasteiger partial charge on any atom is -0.506 e. The average molecular weight is 259 g/mol. The standard InChI is InChI=1S/C12H9N3O2S/c1-6-15-9(4-18-6)7-2-8-11(10(16)3-7)13-5-14-12(8)17/h2-5,16H,1H3,(H,13,14,17). The molecule has 3 rings (SSSR count). The Morgan fingerprint density at radius 3 is 2.94 bits per heavy atom. The molecule has 0 radical (unpaired) electrons. The smallest absolute Gasteiger partial charge is 0.258 e. The molecule has 0 saturated carbocycles. The van der Waals surface area contributed by atoms with Gasteiger partial charge in [0.25, 0.3) is 5.56 Å². The SMILES string of the molecule is Cc1nc(-c2cc(O)c3nc[nH]c(=O)c3c2)cs1. The molecule has 0 atom stereocenters. The number of benzene rings is 1. The van der Waals surface area contributed by atoms with Crippen LogP contribution in [0.2, 0.25) is 0 Å². The maximum absolute atomic E-state index is 11.7. The van der Waals surface area contributed by atoms with Gasteiger partial charge in [-0.15, -0.1) is 11.3 Å². The summed E-state index contributed by atoms with van der Waals surface area (Å²) in [6.45, 7) is 1.91. The van der Waals surface area contributed by atoms with Crippen LogP contribution in [0.25, 0.3) is 22.2 Å². The Hall–Kier alpha value is -2.21. The molecule has 2 heterocycles. The van der Waals surface area contributed by atoms with Gasteiger partial charge < -0.3 is 10.1 Å². The topological polar surface area (TPSA) is 78.9 Å². The number of nitrogens with one attached hydrogen (secondary N) is 1. The molecule has 0 aliphatic carbocycles. The molecule has 90 valence electrons. The minimum absolute atomic E-state index is 0.0146. The van der Waals surface area contributed by atoms with Crippen LogP contribution in [0.15, 0.2) is 28.6 Å². The van der Waals surface area contributed by atoms with Crippen molar-refractivity contribution in [3.63, 3.8) is 0 Å². The van der Waals surface area contributed by atoms with Crippen LogP contribution in [0.3, 0.4) is 0 Å². The van der Waals surface area contributed by atoms with E-state index in [9.17, 15) is 9.90 Å². The predicted octanol–water partition coefficient (Wildman–Crippen LogP) is 2.06. The first-order chi connectivity index (χ1) is 8.65. The summed E-state index contributed by atoms with van der Waals surface area (Å²) in [5.74, 6) is -0.0146. The van der Waals surface area contributed by atoms with Gasteiger partial charge in [0.2, 0.25) is 0 Å². The first kappa shape index (κ1) is 10.9. The van der Waals surface area contributed by atoms with Crippen LogP contribution in [-0.4, -0.2) is 20.1 Å². The first-order valence-electron chi connectivity index (χ1n) is 5.28. The lowest BCUT2D eigenvalue weighted by molar-refractivity contribution is 0.480. The second-order valence-electron chi connectivity index (χ2n) is 3.87. The van der Waals surface area contributed by atoms with Crippen LogP contribution in [0.5, 0.6) is 5.75 Å². The van der Waals surface area contributed by atoms with Crippen molar-refractivity contribution in [2.45, 2.75) is 6.92 Å². The van der Waals surface area contributed by atoms with Gasteiger partial charge in [0, 0.05) is 10.9 Å². The number of phenols is 1. The molecule has 0 aliphatic heterocycles. The highest BCUT2D eigenvalue weighted by Crippen LogP contribution is 2.29. The number of hydrogen-bond acceptors (Lipinski definition) is 5. The molecular formula is C12H9N3O2S. The van der Waals surface area contributed by atoms with E-state index in [4.69, 9.17) is 0 Å². The lowest BCUT2D eigenvalue weighted by Crippen LogP contribution is -2.06. The highest BCUT2D eigenvalue weighted by Gasteiger charge is 2.10. The molecule has 0 amide bonds. The van der Waals surface area contributed by atoms with Crippen LogP contribution in [0.1, 0.15) is 5.01 Å². The monoisotopic (exact) mass is 259 g/mol. The maximum atomic E-state index is 11.7. The van der Waals surface area contributed by atoms with Crippen molar-refractivity contribution in [3.8, 4) is 17.0 Å². The van der Waals surface area contributed by atoms with E-state index in [1.54, 1.807) is 12.1 Å². The second-order valence-corrected chi connectivity index (χ2v) is 4.94. The number of phenolic OH excluding ortho intramolecular Hbond substituents is 1. The fraction of sp³-hybridized carbons (Fsp3) is 0.0833. The van der Waals surface area contributed by atoms with Crippen LogP contribution in [-0.2, 0) is 0 Å². The third-order valence-corrected chi connectivity index (χ3v) is 3.41. The molecule has 0 aliphatic rings. The van der Waals surface area contributed by atoms with Gasteiger partial charge in [0.1, 0.15) is 11.3 Å². The van der Waals surface area contributed by atoms with Crippen LogP contribution >= 0.6 is 11.3 Å². The molecule has 18 heavy (non-hydrogen) atoms.